The average molecular weight is 379 g/mol. The van der Waals surface area contributed by atoms with Crippen molar-refractivity contribution < 1.29 is 0 Å². The second kappa shape index (κ2) is 7.27. The average Bonchev–Trinajstić information content (AvgIpc) is 3.37. The number of rotatable bonds is 4. The lowest BCUT2D eigenvalue weighted by Crippen LogP contribution is -2.11. The van der Waals surface area contributed by atoms with Gasteiger partial charge in [0.25, 0.3) is 0 Å². The number of nitrogens with one attached hydrogen (secondary N) is 1. The molecule has 6 heteroatoms. The van der Waals surface area contributed by atoms with E-state index in [1.54, 1.807) is 22.7 Å². The van der Waals surface area contributed by atoms with Crippen molar-refractivity contribution in [1.29, 1.82) is 0 Å². The van der Waals surface area contributed by atoms with E-state index in [2.05, 4.69) is 59.9 Å². The first-order valence-electron chi connectivity index (χ1n) is 8.25. The third kappa shape index (κ3) is 3.47. The highest BCUT2D eigenvalue weighted by Crippen LogP contribution is 2.26. The van der Waals surface area contributed by atoms with E-state index in [1.165, 1.54) is 10.4 Å². The highest BCUT2D eigenvalue weighted by molar-refractivity contribution is 7.14. The summed E-state index contributed by atoms with van der Waals surface area (Å²) in [6.07, 6.45) is 3.71. The second-order valence-corrected chi connectivity index (χ2v) is 7.75. The maximum absolute atomic E-state index is 4.87. The van der Waals surface area contributed by atoms with Crippen molar-refractivity contribution in [2.24, 2.45) is 10.1 Å². The Morgan fingerprint density at radius 3 is 2.73 bits per heavy atom. The number of H-pyrrole nitrogens is 1. The molecule has 0 saturated heterocycles. The van der Waals surface area contributed by atoms with Crippen LogP contribution in [-0.2, 0) is 0 Å². The fraction of sp³-hybridized carbons (Fsp3) is 0.100. The van der Waals surface area contributed by atoms with Crippen LogP contribution in [0.5, 0.6) is 0 Å². The number of nitrogens with zero attached hydrogens (tertiary/aromatic N) is 3. The van der Waals surface area contributed by atoms with Gasteiger partial charge in [-0.3, -0.25) is 0 Å². The Hall–Kier alpha value is -2.70. The Labute approximate surface area is 159 Å². The molecule has 0 aliphatic carbocycles. The fourth-order valence-corrected chi connectivity index (χ4v) is 4.30. The summed E-state index contributed by atoms with van der Waals surface area (Å²) in [6.45, 7) is 4.18. The van der Waals surface area contributed by atoms with Crippen molar-refractivity contribution in [3.63, 3.8) is 0 Å². The molecule has 3 aromatic heterocycles. The van der Waals surface area contributed by atoms with E-state index in [0.29, 0.717) is 0 Å². The molecule has 0 bridgehead atoms. The molecule has 0 unspecified atom stereocenters. The number of hydrogen-bond acceptors (Lipinski definition) is 4. The van der Waals surface area contributed by atoms with Crippen LogP contribution >= 0.6 is 22.7 Å². The molecular weight excluding hydrogens is 360 g/mol. The molecule has 0 atom stereocenters. The summed E-state index contributed by atoms with van der Waals surface area (Å²) in [4.78, 5) is 10.0. The first kappa shape index (κ1) is 16.8. The summed E-state index contributed by atoms with van der Waals surface area (Å²) in [5.74, 6) is 0. The van der Waals surface area contributed by atoms with Crippen molar-refractivity contribution in [2.75, 3.05) is 0 Å². The summed E-state index contributed by atoms with van der Waals surface area (Å²) >= 11 is 3.30. The normalized spacial score (nSPS) is 12.3. The molecule has 0 amide bonds. The van der Waals surface area contributed by atoms with Gasteiger partial charge in [-0.2, -0.15) is 5.10 Å². The lowest BCUT2D eigenvalue weighted by molar-refractivity contribution is 0.855. The first-order valence-corrected chi connectivity index (χ1v) is 10.0. The molecule has 0 aliphatic heterocycles. The summed E-state index contributed by atoms with van der Waals surface area (Å²) < 4.78 is 1.91. The van der Waals surface area contributed by atoms with Gasteiger partial charge in [0.15, 0.2) is 0 Å². The Kier molecular flexibility index (Phi) is 4.69. The van der Waals surface area contributed by atoms with E-state index in [9.17, 15) is 0 Å². The molecule has 4 aromatic rings. The zero-order valence-electron chi connectivity index (χ0n) is 14.5. The number of benzene rings is 1. The maximum atomic E-state index is 4.87. The topological polar surface area (TPSA) is 45.4 Å². The van der Waals surface area contributed by atoms with E-state index in [1.807, 2.05) is 29.2 Å². The Morgan fingerprint density at radius 1 is 1.08 bits per heavy atom. The summed E-state index contributed by atoms with van der Waals surface area (Å²) in [5, 5.41) is 8.88. The van der Waals surface area contributed by atoms with Gasteiger partial charge >= 0.3 is 0 Å². The number of hydrogen-bond donors (Lipinski definition) is 1. The van der Waals surface area contributed by atoms with Gasteiger partial charge in [0.2, 0.25) is 4.80 Å². The molecule has 1 aromatic carbocycles. The third-order valence-corrected chi connectivity index (χ3v) is 5.67. The molecule has 26 heavy (non-hydrogen) atoms. The molecule has 4 nitrogen and oxygen atoms in total. The highest BCUT2D eigenvalue weighted by atomic mass is 32.1. The smallest absolute Gasteiger partial charge is 0.211 e. The van der Waals surface area contributed by atoms with Crippen molar-refractivity contribution in [2.45, 2.75) is 13.8 Å². The molecular formula is C20H18N4S2. The standard InChI is InChI=1S/C20H18N4S2/c1-14-7-8-17(15(2)11-14)23-20-24(22-12-16-5-3-9-21-16)18(13-26-20)19-6-4-10-25-19/h3-13,21H,1-2H3. The number of aromatic amines is 1. The van der Waals surface area contributed by atoms with Crippen molar-refractivity contribution in [3.05, 3.63) is 81.0 Å². The predicted octanol–water partition coefficient (Wildman–Crippen LogP) is 5.34. The van der Waals surface area contributed by atoms with Gasteiger partial charge in [0, 0.05) is 11.6 Å². The largest absolute Gasteiger partial charge is 0.360 e. The minimum absolute atomic E-state index is 0.850. The zero-order valence-corrected chi connectivity index (χ0v) is 16.1. The van der Waals surface area contributed by atoms with E-state index >= 15 is 0 Å². The summed E-state index contributed by atoms with van der Waals surface area (Å²) in [6, 6.07) is 14.4. The number of thiophene rings is 1. The monoisotopic (exact) mass is 378 g/mol. The molecule has 0 aliphatic rings. The van der Waals surface area contributed by atoms with Gasteiger partial charge in [-0.25, -0.2) is 9.67 Å². The minimum Gasteiger partial charge on any atom is -0.360 e. The lowest BCUT2D eigenvalue weighted by Gasteiger charge is -2.03. The van der Waals surface area contributed by atoms with Crippen LogP contribution in [0.2, 0.25) is 0 Å². The van der Waals surface area contributed by atoms with Crippen molar-refractivity contribution >= 4 is 34.6 Å². The minimum atomic E-state index is 0.850. The van der Waals surface area contributed by atoms with Crippen LogP contribution in [0.15, 0.2) is 69.5 Å². The van der Waals surface area contributed by atoms with Gasteiger partial charge in [-0.1, -0.05) is 23.8 Å². The quantitative estimate of drug-likeness (QED) is 0.466. The van der Waals surface area contributed by atoms with Crippen LogP contribution in [0, 0.1) is 13.8 Å². The number of aromatic nitrogens is 2. The van der Waals surface area contributed by atoms with E-state index in [-0.39, 0.29) is 0 Å². The van der Waals surface area contributed by atoms with Crippen molar-refractivity contribution in [3.8, 4) is 10.6 Å². The number of aryl methyl sites for hydroxylation is 2. The summed E-state index contributed by atoms with van der Waals surface area (Å²) in [5.41, 5.74) is 5.38. The highest BCUT2D eigenvalue weighted by Gasteiger charge is 2.09. The van der Waals surface area contributed by atoms with Crippen LogP contribution in [0.3, 0.4) is 0 Å². The van der Waals surface area contributed by atoms with Gasteiger partial charge in [0.05, 0.1) is 28.2 Å². The first-order chi connectivity index (χ1) is 12.7. The van der Waals surface area contributed by atoms with Gasteiger partial charge in [0.1, 0.15) is 0 Å². The molecule has 130 valence electrons. The number of thiazole rings is 1. The maximum Gasteiger partial charge on any atom is 0.211 e. The fourth-order valence-electron chi connectivity index (χ4n) is 2.66. The molecule has 0 radical (unpaired) electrons. The third-order valence-electron chi connectivity index (χ3n) is 3.96. The van der Waals surface area contributed by atoms with Gasteiger partial charge in [-0.15, -0.1) is 22.7 Å². The van der Waals surface area contributed by atoms with Crippen LogP contribution in [0.1, 0.15) is 16.8 Å². The van der Waals surface area contributed by atoms with Crippen LogP contribution in [-0.4, -0.2) is 15.9 Å². The van der Waals surface area contributed by atoms with Crippen LogP contribution in [0.25, 0.3) is 10.6 Å². The lowest BCUT2D eigenvalue weighted by atomic mass is 10.1. The van der Waals surface area contributed by atoms with Crippen LogP contribution < -0.4 is 4.80 Å². The van der Waals surface area contributed by atoms with E-state index in [4.69, 9.17) is 10.1 Å². The van der Waals surface area contributed by atoms with E-state index in [0.717, 1.165) is 27.4 Å². The molecule has 0 fully saturated rings. The van der Waals surface area contributed by atoms with E-state index < -0.39 is 0 Å². The van der Waals surface area contributed by atoms with Crippen molar-refractivity contribution in [1.82, 2.24) is 9.66 Å². The Morgan fingerprint density at radius 2 is 2.00 bits per heavy atom. The zero-order chi connectivity index (χ0) is 17.9. The molecule has 3 heterocycles. The van der Waals surface area contributed by atoms with Crippen LogP contribution in [0.4, 0.5) is 5.69 Å². The molecule has 4 rings (SSSR count). The van der Waals surface area contributed by atoms with Gasteiger partial charge in [-0.05, 0) is 49.1 Å². The Bertz CT molecular complexity index is 1100. The predicted molar refractivity (Wildman–Crippen MR) is 111 cm³/mol. The Balaban J connectivity index is 1.85. The summed E-state index contributed by atoms with van der Waals surface area (Å²) in [7, 11) is 0. The van der Waals surface area contributed by atoms with Gasteiger partial charge < -0.3 is 4.98 Å². The molecule has 1 N–H and O–H groups in total. The molecule has 0 saturated carbocycles. The molecule has 0 spiro atoms. The second-order valence-electron chi connectivity index (χ2n) is 5.96. The SMILES string of the molecule is Cc1ccc(N=c2scc(-c3cccs3)n2N=Cc2ccc[nH]2)c(C)c1.